The SMILES string of the molecule is C1=C\COC[C@@H](c2ccccc2)N(Cc2ccccc2)Cc2ccccc2OCCOc2ccccc2CN(Cc2ccccc2)[C@H](c2ccccc2)COC/1. The van der Waals surface area contributed by atoms with Crippen LogP contribution in [0, 0.1) is 0 Å². The van der Waals surface area contributed by atoms with Gasteiger partial charge in [-0.15, -0.1) is 0 Å². The van der Waals surface area contributed by atoms with Crippen LogP contribution >= 0.6 is 0 Å². The third-order valence-electron chi connectivity index (χ3n) is 10.1. The summed E-state index contributed by atoms with van der Waals surface area (Å²) >= 11 is 0. The molecule has 6 nitrogen and oxygen atoms in total. The summed E-state index contributed by atoms with van der Waals surface area (Å²) in [5.74, 6) is 1.72. The van der Waals surface area contributed by atoms with E-state index in [1.54, 1.807) is 0 Å². The monoisotopic (exact) mass is 744 g/mol. The third kappa shape index (κ3) is 11.3. The van der Waals surface area contributed by atoms with Gasteiger partial charge in [-0.05, 0) is 34.4 Å². The van der Waals surface area contributed by atoms with E-state index >= 15 is 0 Å². The molecule has 0 aromatic heterocycles. The van der Waals surface area contributed by atoms with Gasteiger partial charge in [-0.3, -0.25) is 9.80 Å². The molecule has 0 aliphatic carbocycles. The van der Waals surface area contributed by atoms with Gasteiger partial charge in [-0.1, -0.05) is 170 Å². The van der Waals surface area contributed by atoms with Crippen molar-refractivity contribution in [1.29, 1.82) is 0 Å². The third-order valence-corrected chi connectivity index (χ3v) is 10.1. The van der Waals surface area contributed by atoms with Gasteiger partial charge in [0.1, 0.15) is 24.7 Å². The molecule has 0 saturated carbocycles. The first-order valence-corrected chi connectivity index (χ1v) is 19.7. The number of nitrogens with zero attached hydrogens (tertiary/aromatic N) is 2. The highest BCUT2D eigenvalue weighted by Crippen LogP contribution is 2.31. The summed E-state index contributed by atoms with van der Waals surface area (Å²) in [6.45, 7) is 5.74. The summed E-state index contributed by atoms with van der Waals surface area (Å²) in [7, 11) is 0. The molecule has 1 heterocycles. The Morgan fingerprint density at radius 1 is 0.411 bits per heavy atom. The van der Waals surface area contributed by atoms with Gasteiger partial charge in [0.15, 0.2) is 0 Å². The molecule has 0 N–H and O–H groups in total. The predicted octanol–water partition coefficient (Wildman–Crippen LogP) is 10.2. The van der Waals surface area contributed by atoms with E-state index in [1.807, 2.05) is 12.1 Å². The van der Waals surface area contributed by atoms with Crippen molar-refractivity contribution in [3.8, 4) is 11.5 Å². The topological polar surface area (TPSA) is 43.4 Å². The van der Waals surface area contributed by atoms with Crippen LogP contribution in [0.15, 0.2) is 182 Å². The van der Waals surface area contributed by atoms with Crippen molar-refractivity contribution in [1.82, 2.24) is 9.80 Å². The van der Waals surface area contributed by atoms with Gasteiger partial charge >= 0.3 is 0 Å². The van der Waals surface area contributed by atoms with E-state index < -0.39 is 0 Å². The Morgan fingerprint density at radius 3 is 1.18 bits per heavy atom. The standard InChI is InChI=1S/C50H52N2O4/c1-5-19-41(20-6-1)35-51-37-45-27-13-15-29-49(45)55-33-34-56-50-30-16-14-28-46(50)38-52(36-42-21-7-2-8-22-42)48(44-25-11-4-12-26-44)40-54-32-18-17-31-53-39-47(51)43-23-9-3-10-24-43/h1-30,47-48H,31-40H2/b18-17-/t47-,48-/m0/s1. The van der Waals surface area contributed by atoms with Crippen LogP contribution in [0.1, 0.15) is 45.5 Å². The zero-order valence-electron chi connectivity index (χ0n) is 32.1. The Labute approximate surface area is 332 Å². The highest BCUT2D eigenvalue weighted by molar-refractivity contribution is 5.35. The van der Waals surface area contributed by atoms with Crippen LogP contribution in [0.3, 0.4) is 0 Å². The molecular weight excluding hydrogens is 693 g/mol. The van der Waals surface area contributed by atoms with Crippen molar-refractivity contribution in [3.63, 3.8) is 0 Å². The molecule has 7 rings (SSSR count). The van der Waals surface area contributed by atoms with Crippen LogP contribution in [0.2, 0.25) is 0 Å². The van der Waals surface area contributed by atoms with Crippen molar-refractivity contribution in [2.75, 3.05) is 39.6 Å². The number of hydrogen-bond acceptors (Lipinski definition) is 6. The van der Waals surface area contributed by atoms with E-state index in [4.69, 9.17) is 18.9 Å². The average Bonchev–Trinajstić information content (AvgIpc) is 3.25. The van der Waals surface area contributed by atoms with E-state index in [0.29, 0.717) is 52.7 Å². The number of benzene rings is 6. The van der Waals surface area contributed by atoms with Crippen LogP contribution in [-0.2, 0) is 35.7 Å². The van der Waals surface area contributed by atoms with Gasteiger partial charge in [0.2, 0.25) is 0 Å². The summed E-state index contributed by atoms with van der Waals surface area (Å²) in [4.78, 5) is 4.98. The van der Waals surface area contributed by atoms with Crippen molar-refractivity contribution in [2.45, 2.75) is 38.3 Å². The Kier molecular flexibility index (Phi) is 14.5. The lowest BCUT2D eigenvalue weighted by molar-refractivity contribution is 0.0589. The molecule has 0 unspecified atom stereocenters. The molecule has 0 fully saturated rings. The van der Waals surface area contributed by atoms with Crippen molar-refractivity contribution >= 4 is 0 Å². The van der Waals surface area contributed by atoms with Gasteiger partial charge in [0, 0.05) is 37.3 Å². The second-order valence-electron chi connectivity index (χ2n) is 14.1. The minimum absolute atomic E-state index is 0.00836. The number of ether oxygens (including phenoxy) is 4. The second kappa shape index (κ2) is 21.0. The van der Waals surface area contributed by atoms with Gasteiger partial charge < -0.3 is 18.9 Å². The molecule has 0 radical (unpaired) electrons. The largest absolute Gasteiger partial charge is 0.490 e. The van der Waals surface area contributed by atoms with E-state index in [1.165, 1.54) is 22.3 Å². The van der Waals surface area contributed by atoms with E-state index in [-0.39, 0.29) is 12.1 Å². The van der Waals surface area contributed by atoms with E-state index in [9.17, 15) is 0 Å². The summed E-state index contributed by atoms with van der Waals surface area (Å²) in [5, 5.41) is 0. The molecule has 6 aromatic rings. The predicted molar refractivity (Wildman–Crippen MR) is 224 cm³/mol. The molecular formula is C50H52N2O4. The normalized spacial score (nSPS) is 18.8. The van der Waals surface area contributed by atoms with Gasteiger partial charge in [0.05, 0.1) is 38.5 Å². The van der Waals surface area contributed by atoms with Gasteiger partial charge in [-0.2, -0.15) is 0 Å². The molecule has 1 aliphatic heterocycles. The number of para-hydroxylation sites is 2. The van der Waals surface area contributed by atoms with E-state index in [0.717, 1.165) is 35.7 Å². The molecule has 0 amide bonds. The Morgan fingerprint density at radius 2 is 0.768 bits per heavy atom. The minimum atomic E-state index is 0.00836. The zero-order valence-corrected chi connectivity index (χ0v) is 32.1. The molecule has 6 heteroatoms. The van der Waals surface area contributed by atoms with Crippen LogP contribution in [0.25, 0.3) is 0 Å². The minimum Gasteiger partial charge on any atom is -0.490 e. The van der Waals surface area contributed by atoms with Gasteiger partial charge in [-0.25, -0.2) is 0 Å². The molecule has 286 valence electrons. The molecule has 0 spiro atoms. The fourth-order valence-electron chi connectivity index (χ4n) is 7.29. The molecule has 1 aliphatic rings. The fourth-order valence-corrected chi connectivity index (χ4v) is 7.29. The number of fused-ring (bicyclic) bond motifs is 2. The Bertz CT molecular complexity index is 1890. The molecule has 0 saturated heterocycles. The average molecular weight is 745 g/mol. The maximum absolute atomic E-state index is 6.51. The van der Waals surface area contributed by atoms with E-state index in [2.05, 4.69) is 180 Å². The number of hydrogen-bond donors (Lipinski definition) is 0. The maximum atomic E-state index is 6.51. The molecule has 6 aromatic carbocycles. The van der Waals surface area contributed by atoms with Gasteiger partial charge in [0.25, 0.3) is 0 Å². The highest BCUT2D eigenvalue weighted by Gasteiger charge is 2.24. The van der Waals surface area contributed by atoms with Crippen molar-refractivity contribution < 1.29 is 18.9 Å². The maximum Gasteiger partial charge on any atom is 0.123 e. The summed E-state index contributed by atoms with van der Waals surface area (Å²) in [6.07, 6.45) is 4.15. The first-order chi connectivity index (χ1) is 27.8. The van der Waals surface area contributed by atoms with Crippen LogP contribution in [0.4, 0.5) is 0 Å². The summed E-state index contributed by atoms with van der Waals surface area (Å²) in [6, 6.07) is 59.4. The Balaban J connectivity index is 1.18. The van der Waals surface area contributed by atoms with Crippen LogP contribution in [0.5, 0.6) is 11.5 Å². The molecule has 0 bridgehead atoms. The Hall–Kier alpha value is -5.50. The fraction of sp³-hybridized carbons (Fsp3) is 0.240. The summed E-state index contributed by atoms with van der Waals surface area (Å²) in [5.41, 5.74) is 7.15. The van der Waals surface area contributed by atoms with Crippen molar-refractivity contribution in [2.24, 2.45) is 0 Å². The smallest absolute Gasteiger partial charge is 0.123 e. The van der Waals surface area contributed by atoms with Crippen LogP contribution < -0.4 is 9.47 Å². The highest BCUT2D eigenvalue weighted by atomic mass is 16.5. The number of rotatable bonds is 6. The summed E-state index contributed by atoms with van der Waals surface area (Å²) < 4.78 is 25.9. The zero-order chi connectivity index (χ0) is 38.0. The molecule has 2 atom stereocenters. The lowest BCUT2D eigenvalue weighted by Crippen LogP contribution is -2.32. The second-order valence-corrected chi connectivity index (χ2v) is 14.1. The first kappa shape index (κ1) is 38.8. The van der Waals surface area contributed by atoms with Crippen molar-refractivity contribution in [3.05, 3.63) is 215 Å². The molecule has 56 heavy (non-hydrogen) atoms. The lowest BCUT2D eigenvalue weighted by atomic mass is 10.0. The van der Waals surface area contributed by atoms with Crippen LogP contribution in [-0.4, -0.2) is 49.4 Å². The lowest BCUT2D eigenvalue weighted by Gasteiger charge is -2.33. The first-order valence-electron chi connectivity index (χ1n) is 19.7. The quantitative estimate of drug-likeness (QED) is 0.158.